The summed E-state index contributed by atoms with van der Waals surface area (Å²) in [6.07, 6.45) is -5.92. The SMILES string of the molecule is CC(C)(C)OC([NH-])=O.OC[C@H]1O[C@@H](c2cccc(Cc3cc[c-]cc3)c2)[C@H](O)[C@@H](O)C1O.[Y]. The van der Waals surface area contributed by atoms with E-state index in [4.69, 9.17) is 10.5 Å². The van der Waals surface area contributed by atoms with E-state index in [1.165, 1.54) is 0 Å². The summed E-state index contributed by atoms with van der Waals surface area (Å²) in [6.45, 7) is 4.74. The summed E-state index contributed by atoms with van der Waals surface area (Å²) in [5.41, 5.74) is 8.73. The number of hydrogen-bond donors (Lipinski definition) is 4. The van der Waals surface area contributed by atoms with E-state index in [1.807, 2.05) is 42.5 Å². The largest absolute Gasteiger partial charge is 0.632 e. The molecular formula is C24H31NO7Y-2. The van der Waals surface area contributed by atoms with Crippen molar-refractivity contribution in [1.29, 1.82) is 0 Å². The average molecular weight is 534 g/mol. The van der Waals surface area contributed by atoms with Crippen LogP contribution in [-0.4, -0.2) is 63.1 Å². The van der Waals surface area contributed by atoms with E-state index in [0.717, 1.165) is 17.5 Å². The Bertz CT molecular complexity index is 857. The van der Waals surface area contributed by atoms with Crippen molar-refractivity contribution in [2.75, 3.05) is 6.61 Å². The van der Waals surface area contributed by atoms with Crippen molar-refractivity contribution in [3.8, 4) is 0 Å². The fourth-order valence-electron chi connectivity index (χ4n) is 3.31. The van der Waals surface area contributed by atoms with Gasteiger partial charge in [0.05, 0.1) is 6.61 Å². The zero-order valence-corrected chi connectivity index (χ0v) is 21.8. The van der Waals surface area contributed by atoms with Crippen molar-refractivity contribution in [3.05, 3.63) is 77.0 Å². The number of amides is 1. The van der Waals surface area contributed by atoms with Crippen LogP contribution in [0.15, 0.2) is 48.5 Å². The van der Waals surface area contributed by atoms with Crippen molar-refractivity contribution >= 4 is 6.09 Å². The summed E-state index contributed by atoms with van der Waals surface area (Å²) < 4.78 is 10.1. The molecule has 5 atom stereocenters. The number of aliphatic hydroxyl groups is 4. The molecule has 179 valence electrons. The Morgan fingerprint density at radius 3 is 2.21 bits per heavy atom. The Kier molecular flexibility index (Phi) is 12.1. The molecule has 1 aliphatic rings. The first-order valence-corrected chi connectivity index (χ1v) is 10.3. The number of carbonyl (C=O) groups is 1. The maximum atomic E-state index is 10.2. The molecule has 5 N–H and O–H groups in total. The van der Waals surface area contributed by atoms with Gasteiger partial charge in [0.15, 0.2) is 0 Å². The summed E-state index contributed by atoms with van der Waals surface area (Å²) in [7, 11) is 0. The fraction of sp³-hybridized carbons (Fsp3) is 0.458. The van der Waals surface area contributed by atoms with E-state index in [9.17, 15) is 25.2 Å². The summed E-state index contributed by atoms with van der Waals surface area (Å²) >= 11 is 0. The molecule has 0 bridgehead atoms. The first-order chi connectivity index (χ1) is 15.0. The number of benzene rings is 2. The quantitative estimate of drug-likeness (QED) is 0.442. The van der Waals surface area contributed by atoms with Gasteiger partial charge in [0.25, 0.3) is 0 Å². The molecule has 3 rings (SSSR count). The minimum Gasteiger partial charge on any atom is -0.632 e. The molecule has 1 unspecified atom stereocenters. The van der Waals surface area contributed by atoms with Crippen LogP contribution in [0.4, 0.5) is 4.79 Å². The maximum Gasteiger partial charge on any atom is 0.227 e. The molecule has 1 aliphatic heterocycles. The van der Waals surface area contributed by atoms with Crippen molar-refractivity contribution in [2.45, 2.75) is 63.3 Å². The molecule has 9 heteroatoms. The average Bonchev–Trinajstić information content (AvgIpc) is 2.72. The van der Waals surface area contributed by atoms with E-state index >= 15 is 0 Å². The van der Waals surface area contributed by atoms with Gasteiger partial charge in [0.2, 0.25) is 6.09 Å². The van der Waals surface area contributed by atoms with Gasteiger partial charge in [-0.3, -0.25) is 4.79 Å². The van der Waals surface area contributed by atoms with Gasteiger partial charge in [0.1, 0.15) is 36.1 Å². The molecule has 0 saturated carbocycles. The second kappa shape index (κ2) is 13.5. The summed E-state index contributed by atoms with van der Waals surface area (Å²) in [5, 5.41) is 39.3. The van der Waals surface area contributed by atoms with E-state index in [1.54, 1.807) is 26.8 Å². The molecule has 1 saturated heterocycles. The predicted molar refractivity (Wildman–Crippen MR) is 118 cm³/mol. The van der Waals surface area contributed by atoms with E-state index in [2.05, 4.69) is 10.8 Å². The van der Waals surface area contributed by atoms with Crippen LogP contribution in [0.25, 0.3) is 5.73 Å². The zero-order chi connectivity index (χ0) is 23.9. The minimum absolute atomic E-state index is 0. The molecule has 2 aromatic rings. The number of carbonyl (C=O) groups excluding carboxylic acids is 1. The topological polar surface area (TPSA) is 140 Å². The molecule has 0 spiro atoms. The maximum absolute atomic E-state index is 10.2. The van der Waals surface area contributed by atoms with Crippen LogP contribution in [0.5, 0.6) is 0 Å². The Balaban J connectivity index is 0.000000523. The van der Waals surface area contributed by atoms with E-state index < -0.39 is 48.8 Å². The third-order valence-corrected chi connectivity index (χ3v) is 4.77. The van der Waals surface area contributed by atoms with Crippen LogP contribution >= 0.6 is 0 Å². The zero-order valence-electron chi connectivity index (χ0n) is 19.0. The number of nitrogens with one attached hydrogen (secondary N) is 1. The van der Waals surface area contributed by atoms with Gasteiger partial charge in [-0.2, -0.15) is 35.9 Å². The third-order valence-electron chi connectivity index (χ3n) is 4.77. The van der Waals surface area contributed by atoms with E-state index in [0.29, 0.717) is 5.56 Å². The number of ether oxygens (including phenoxy) is 2. The molecule has 1 amide bonds. The Morgan fingerprint density at radius 2 is 1.70 bits per heavy atom. The molecule has 33 heavy (non-hydrogen) atoms. The van der Waals surface area contributed by atoms with Crippen LogP contribution in [-0.2, 0) is 48.6 Å². The molecule has 1 heterocycles. The third kappa shape index (κ3) is 9.41. The van der Waals surface area contributed by atoms with Gasteiger partial charge in [-0.25, -0.2) is 0 Å². The predicted octanol–water partition coefficient (Wildman–Crippen LogP) is 2.56. The molecule has 0 aromatic heterocycles. The van der Waals surface area contributed by atoms with Crippen LogP contribution in [0.3, 0.4) is 0 Å². The summed E-state index contributed by atoms with van der Waals surface area (Å²) in [4.78, 5) is 9.90. The molecular weight excluding hydrogens is 503 g/mol. The second-order valence-corrected chi connectivity index (χ2v) is 8.58. The van der Waals surface area contributed by atoms with Crippen molar-refractivity contribution in [1.82, 2.24) is 0 Å². The van der Waals surface area contributed by atoms with Gasteiger partial charge >= 0.3 is 0 Å². The van der Waals surface area contributed by atoms with Crippen molar-refractivity contribution in [3.63, 3.8) is 0 Å². The van der Waals surface area contributed by atoms with Gasteiger partial charge in [-0.05, 0) is 38.3 Å². The first kappa shape index (κ1) is 29.6. The molecule has 1 fully saturated rings. The minimum atomic E-state index is -1.37. The molecule has 8 nitrogen and oxygen atoms in total. The van der Waals surface area contributed by atoms with Gasteiger partial charge in [0, 0.05) is 32.7 Å². The normalized spacial score (nSPS) is 24.6. The fourth-order valence-corrected chi connectivity index (χ4v) is 3.31. The van der Waals surface area contributed by atoms with Gasteiger partial charge < -0.3 is 35.6 Å². The van der Waals surface area contributed by atoms with E-state index in [-0.39, 0.29) is 32.7 Å². The Hall–Kier alpha value is -1.39. The van der Waals surface area contributed by atoms with Crippen LogP contribution in [0.1, 0.15) is 43.6 Å². The van der Waals surface area contributed by atoms with Crippen LogP contribution < -0.4 is 0 Å². The van der Waals surface area contributed by atoms with Crippen molar-refractivity contribution in [2.24, 2.45) is 0 Å². The van der Waals surface area contributed by atoms with Crippen LogP contribution in [0.2, 0.25) is 0 Å². The molecule has 0 aliphatic carbocycles. The number of hydrogen-bond acceptors (Lipinski definition) is 7. The summed E-state index contributed by atoms with van der Waals surface area (Å²) in [6, 6.07) is 18.2. The van der Waals surface area contributed by atoms with Crippen molar-refractivity contribution < 1.29 is 67.4 Å². The molecule has 2 aromatic carbocycles. The number of aliphatic hydroxyl groups excluding tert-OH is 4. The Labute approximate surface area is 219 Å². The first-order valence-electron chi connectivity index (χ1n) is 10.3. The summed E-state index contributed by atoms with van der Waals surface area (Å²) in [5.74, 6) is 0. The van der Waals surface area contributed by atoms with Gasteiger partial charge in [-0.15, -0.1) is 0 Å². The standard InChI is InChI=1S/C19H21O5.C5H11NO2.Y/c20-11-15-16(21)17(22)18(23)19(24-15)14-8-4-7-13(10-14)9-12-5-2-1-3-6-12;1-5(2,3)8-4(6)7;/h2-8,10,15-23H,9,11H2;1-3H3,(H2,6,7);/q-1;;/p-1/t15-,16?,17+,18-,19+;;/m1../s1. The Morgan fingerprint density at radius 1 is 1.06 bits per heavy atom. The molecule has 1 radical (unpaired) electrons. The smallest absolute Gasteiger partial charge is 0.227 e. The second-order valence-electron chi connectivity index (χ2n) is 8.58. The monoisotopic (exact) mass is 534 g/mol. The number of rotatable bonds is 4. The van der Waals surface area contributed by atoms with Gasteiger partial charge in [-0.1, -0.05) is 24.3 Å². The van der Waals surface area contributed by atoms with Crippen LogP contribution in [0, 0.1) is 6.07 Å².